The Morgan fingerprint density at radius 3 is 2.75 bits per heavy atom. The maximum atomic E-state index is 12.9. The molecule has 0 saturated carbocycles. The van der Waals surface area contributed by atoms with Crippen LogP contribution in [0, 0.1) is 5.41 Å². The SMILES string of the molecule is CC(C)(C)C(=O)N1CCCC1c1ccnc(N2CC3(CCOCC3)OC2=O)c1. The molecule has 1 spiro atoms. The highest BCUT2D eigenvalue weighted by Gasteiger charge is 2.47. The number of rotatable bonds is 2. The lowest BCUT2D eigenvalue weighted by Gasteiger charge is -2.31. The summed E-state index contributed by atoms with van der Waals surface area (Å²) in [6.45, 7) is 8.36. The standard InChI is InChI=1S/C21H29N3O4/c1-20(2,3)18(25)23-10-4-5-16(23)15-6-9-22-17(13-15)24-14-21(28-19(24)26)7-11-27-12-8-21/h6,9,13,16H,4-5,7-8,10-12,14H2,1-3H3. The van der Waals surface area contributed by atoms with Gasteiger partial charge in [-0.15, -0.1) is 0 Å². The smallest absolute Gasteiger partial charge is 0.416 e. The summed E-state index contributed by atoms with van der Waals surface area (Å²) in [7, 11) is 0. The van der Waals surface area contributed by atoms with Gasteiger partial charge in [0, 0.05) is 31.0 Å². The van der Waals surface area contributed by atoms with Crippen molar-refractivity contribution in [2.75, 3.05) is 31.2 Å². The first kappa shape index (κ1) is 19.2. The summed E-state index contributed by atoms with van der Waals surface area (Å²) in [5, 5.41) is 0. The summed E-state index contributed by atoms with van der Waals surface area (Å²) in [6.07, 6.45) is 4.72. The van der Waals surface area contributed by atoms with Gasteiger partial charge in [-0.25, -0.2) is 9.78 Å². The van der Waals surface area contributed by atoms with E-state index in [4.69, 9.17) is 9.47 Å². The maximum absolute atomic E-state index is 12.9. The number of ether oxygens (including phenoxy) is 2. The number of anilines is 1. The molecule has 1 unspecified atom stereocenters. The molecule has 4 rings (SSSR count). The van der Waals surface area contributed by atoms with Gasteiger partial charge in [0.05, 0.1) is 25.8 Å². The van der Waals surface area contributed by atoms with E-state index in [1.807, 2.05) is 37.8 Å². The van der Waals surface area contributed by atoms with Crippen LogP contribution in [0.3, 0.4) is 0 Å². The molecule has 3 aliphatic heterocycles. The molecular formula is C21H29N3O4. The highest BCUT2D eigenvalue weighted by Crippen LogP contribution is 2.38. The van der Waals surface area contributed by atoms with E-state index in [1.165, 1.54) is 0 Å². The van der Waals surface area contributed by atoms with Gasteiger partial charge in [-0.05, 0) is 30.5 Å². The third kappa shape index (κ3) is 3.48. The van der Waals surface area contributed by atoms with Crippen LogP contribution in [0.4, 0.5) is 10.6 Å². The summed E-state index contributed by atoms with van der Waals surface area (Å²) >= 11 is 0. The number of aromatic nitrogens is 1. The van der Waals surface area contributed by atoms with E-state index in [1.54, 1.807) is 11.1 Å². The largest absolute Gasteiger partial charge is 0.440 e. The lowest BCUT2D eigenvalue weighted by Crippen LogP contribution is -2.40. The maximum Gasteiger partial charge on any atom is 0.416 e. The molecule has 2 amide bonds. The van der Waals surface area contributed by atoms with Crippen LogP contribution in [-0.4, -0.2) is 53.8 Å². The van der Waals surface area contributed by atoms with Gasteiger partial charge in [0.1, 0.15) is 11.4 Å². The highest BCUT2D eigenvalue weighted by atomic mass is 16.6. The minimum Gasteiger partial charge on any atom is -0.440 e. The fourth-order valence-corrected chi connectivity index (χ4v) is 4.38. The monoisotopic (exact) mass is 387 g/mol. The Morgan fingerprint density at radius 1 is 1.29 bits per heavy atom. The van der Waals surface area contributed by atoms with E-state index in [9.17, 15) is 9.59 Å². The van der Waals surface area contributed by atoms with Gasteiger partial charge in [0.2, 0.25) is 5.91 Å². The number of hydrogen-bond donors (Lipinski definition) is 0. The topological polar surface area (TPSA) is 72.0 Å². The normalized spacial score (nSPS) is 24.7. The van der Waals surface area contributed by atoms with Crippen LogP contribution in [0.1, 0.15) is 58.1 Å². The molecule has 7 heteroatoms. The summed E-state index contributed by atoms with van der Waals surface area (Å²) in [5.41, 5.74) is 0.155. The summed E-state index contributed by atoms with van der Waals surface area (Å²) in [5.74, 6) is 0.760. The van der Waals surface area contributed by atoms with Crippen molar-refractivity contribution >= 4 is 17.8 Å². The molecule has 1 aromatic heterocycles. The molecule has 3 fully saturated rings. The van der Waals surface area contributed by atoms with Crippen LogP contribution in [-0.2, 0) is 14.3 Å². The number of nitrogens with zero attached hydrogens (tertiary/aromatic N) is 3. The van der Waals surface area contributed by atoms with Gasteiger partial charge in [-0.3, -0.25) is 9.69 Å². The summed E-state index contributed by atoms with van der Waals surface area (Å²) in [4.78, 5) is 33.4. The van der Waals surface area contributed by atoms with Crippen LogP contribution in [0.2, 0.25) is 0 Å². The predicted octanol–water partition coefficient (Wildman–Crippen LogP) is 3.30. The number of amides is 2. The van der Waals surface area contributed by atoms with Crippen molar-refractivity contribution in [3.63, 3.8) is 0 Å². The third-order valence-corrected chi connectivity index (χ3v) is 5.96. The Labute approximate surface area is 166 Å². The molecule has 1 atom stereocenters. The zero-order valence-corrected chi connectivity index (χ0v) is 16.9. The Kier molecular flexibility index (Phi) is 4.81. The minimum absolute atomic E-state index is 0.0316. The molecule has 152 valence electrons. The molecular weight excluding hydrogens is 358 g/mol. The van der Waals surface area contributed by atoms with Gasteiger partial charge in [-0.1, -0.05) is 20.8 Å². The number of pyridine rings is 1. The molecule has 3 saturated heterocycles. The second kappa shape index (κ2) is 7.03. The van der Waals surface area contributed by atoms with Crippen LogP contribution >= 0.6 is 0 Å². The number of carbonyl (C=O) groups is 2. The van der Waals surface area contributed by atoms with Gasteiger partial charge < -0.3 is 14.4 Å². The third-order valence-electron chi connectivity index (χ3n) is 5.96. The van der Waals surface area contributed by atoms with Crippen molar-refractivity contribution in [1.29, 1.82) is 0 Å². The van der Waals surface area contributed by atoms with Crippen LogP contribution < -0.4 is 4.90 Å². The van der Waals surface area contributed by atoms with Gasteiger partial charge in [0.15, 0.2) is 0 Å². The van der Waals surface area contributed by atoms with Crippen molar-refractivity contribution in [2.24, 2.45) is 5.41 Å². The van der Waals surface area contributed by atoms with Crippen LogP contribution in [0.5, 0.6) is 0 Å². The van der Waals surface area contributed by atoms with E-state index in [0.717, 1.165) is 24.9 Å². The zero-order valence-electron chi connectivity index (χ0n) is 16.9. The minimum atomic E-state index is -0.464. The molecule has 7 nitrogen and oxygen atoms in total. The molecule has 1 aromatic rings. The van der Waals surface area contributed by atoms with E-state index in [0.29, 0.717) is 38.4 Å². The number of likely N-dealkylation sites (tertiary alicyclic amines) is 1. The summed E-state index contributed by atoms with van der Waals surface area (Å²) in [6, 6.07) is 3.93. The molecule has 3 aliphatic rings. The van der Waals surface area contributed by atoms with E-state index in [-0.39, 0.29) is 18.0 Å². The Bertz CT molecular complexity index is 767. The Balaban J connectivity index is 1.56. The van der Waals surface area contributed by atoms with E-state index in [2.05, 4.69) is 4.98 Å². The van der Waals surface area contributed by atoms with Crippen molar-refractivity contribution < 1.29 is 19.1 Å². The Hall–Kier alpha value is -2.15. The first-order valence-corrected chi connectivity index (χ1v) is 10.1. The first-order valence-electron chi connectivity index (χ1n) is 10.1. The number of carbonyl (C=O) groups excluding carboxylic acids is 2. The lowest BCUT2D eigenvalue weighted by molar-refractivity contribution is -0.140. The average molecular weight is 387 g/mol. The summed E-state index contributed by atoms with van der Waals surface area (Å²) < 4.78 is 11.1. The van der Waals surface area contributed by atoms with Gasteiger partial charge in [-0.2, -0.15) is 0 Å². The predicted molar refractivity (Wildman–Crippen MR) is 104 cm³/mol. The number of hydrogen-bond acceptors (Lipinski definition) is 5. The molecule has 0 N–H and O–H groups in total. The fraction of sp³-hybridized carbons (Fsp3) is 0.667. The zero-order chi connectivity index (χ0) is 19.9. The molecule has 28 heavy (non-hydrogen) atoms. The average Bonchev–Trinajstić information content (AvgIpc) is 3.26. The van der Waals surface area contributed by atoms with Crippen molar-refractivity contribution in [3.05, 3.63) is 23.9 Å². The second-order valence-electron chi connectivity index (χ2n) is 9.10. The highest BCUT2D eigenvalue weighted by molar-refractivity contribution is 5.89. The molecule has 4 heterocycles. The second-order valence-corrected chi connectivity index (χ2v) is 9.10. The quantitative estimate of drug-likeness (QED) is 0.779. The molecule has 0 bridgehead atoms. The van der Waals surface area contributed by atoms with Crippen molar-refractivity contribution in [3.8, 4) is 0 Å². The lowest BCUT2D eigenvalue weighted by atomic mass is 9.93. The van der Waals surface area contributed by atoms with Crippen molar-refractivity contribution in [1.82, 2.24) is 9.88 Å². The van der Waals surface area contributed by atoms with Gasteiger partial charge in [0.25, 0.3) is 0 Å². The van der Waals surface area contributed by atoms with Gasteiger partial charge >= 0.3 is 6.09 Å². The molecule has 0 radical (unpaired) electrons. The molecule has 0 aliphatic carbocycles. The molecule has 0 aromatic carbocycles. The fourth-order valence-electron chi connectivity index (χ4n) is 4.38. The van der Waals surface area contributed by atoms with Crippen LogP contribution in [0.25, 0.3) is 0 Å². The first-order chi connectivity index (χ1) is 13.3. The van der Waals surface area contributed by atoms with E-state index < -0.39 is 11.0 Å². The van der Waals surface area contributed by atoms with E-state index >= 15 is 0 Å². The van der Waals surface area contributed by atoms with Crippen LogP contribution in [0.15, 0.2) is 18.3 Å². The Morgan fingerprint density at radius 2 is 2.04 bits per heavy atom. The van der Waals surface area contributed by atoms with Crippen molar-refractivity contribution in [2.45, 2.75) is 58.1 Å².